The third-order valence-electron chi connectivity index (χ3n) is 5.34. The summed E-state index contributed by atoms with van der Waals surface area (Å²) >= 11 is 0. The lowest BCUT2D eigenvalue weighted by Crippen LogP contribution is -2.39. The van der Waals surface area contributed by atoms with E-state index in [9.17, 15) is 8.42 Å². The van der Waals surface area contributed by atoms with Crippen molar-refractivity contribution in [3.05, 3.63) is 66.2 Å². The highest BCUT2D eigenvalue weighted by Crippen LogP contribution is 2.36. The molecule has 3 rings (SSSR count). The molecule has 1 aliphatic rings. The second kappa shape index (κ2) is 8.50. The van der Waals surface area contributed by atoms with Crippen LogP contribution in [0.4, 0.5) is 0 Å². The van der Waals surface area contributed by atoms with E-state index in [-0.39, 0.29) is 11.5 Å². The molecule has 5 heteroatoms. The monoisotopic (exact) mass is 399 g/mol. The lowest BCUT2D eigenvalue weighted by molar-refractivity contribution is 0.282. The number of hydrogen-bond donors (Lipinski definition) is 0. The molecule has 1 fully saturated rings. The van der Waals surface area contributed by atoms with Crippen LogP contribution in [0.1, 0.15) is 38.7 Å². The normalized spacial score (nSPS) is 20.8. The molecular weight excluding hydrogens is 370 g/mol. The molecule has 1 aliphatic heterocycles. The van der Waals surface area contributed by atoms with E-state index in [1.807, 2.05) is 42.5 Å². The Balaban J connectivity index is 1.95. The highest BCUT2D eigenvalue weighted by atomic mass is 32.2. The third kappa shape index (κ3) is 4.83. The average molecular weight is 400 g/mol. The Hall–Kier alpha value is -2.11. The van der Waals surface area contributed by atoms with Gasteiger partial charge < -0.3 is 4.74 Å². The Bertz CT molecular complexity index is 903. The maximum absolute atomic E-state index is 13.4. The number of hydrogen-bond acceptors (Lipinski definition) is 3. The lowest BCUT2D eigenvalue weighted by Gasteiger charge is -2.30. The van der Waals surface area contributed by atoms with Crippen LogP contribution in [0.25, 0.3) is 6.08 Å². The fourth-order valence-electron chi connectivity index (χ4n) is 3.78. The number of ether oxygens (including phenoxy) is 1. The van der Waals surface area contributed by atoms with E-state index in [4.69, 9.17) is 4.74 Å². The summed E-state index contributed by atoms with van der Waals surface area (Å²) in [4.78, 5) is 0.311. The van der Waals surface area contributed by atoms with E-state index in [2.05, 4.69) is 13.8 Å². The SMILES string of the molecule is COc1ccc(S(=O)(=O)N2CCCC(C)(C)CC2/C=C/c2ccccc2)cc1. The van der Waals surface area contributed by atoms with Crippen LogP contribution in [0.2, 0.25) is 0 Å². The average Bonchev–Trinajstić information content (AvgIpc) is 2.85. The summed E-state index contributed by atoms with van der Waals surface area (Å²) in [5, 5.41) is 0. The maximum atomic E-state index is 13.4. The first-order valence-electron chi connectivity index (χ1n) is 9.71. The van der Waals surface area contributed by atoms with Gasteiger partial charge in [-0.15, -0.1) is 0 Å². The molecular formula is C23H29NO3S. The molecule has 150 valence electrons. The molecule has 28 heavy (non-hydrogen) atoms. The minimum atomic E-state index is -3.59. The number of nitrogens with zero attached hydrogens (tertiary/aromatic N) is 1. The van der Waals surface area contributed by atoms with E-state index in [0.29, 0.717) is 17.2 Å². The zero-order valence-corrected chi connectivity index (χ0v) is 17.7. The molecule has 0 N–H and O–H groups in total. The van der Waals surface area contributed by atoms with E-state index in [1.54, 1.807) is 35.7 Å². The largest absolute Gasteiger partial charge is 0.497 e. The minimum Gasteiger partial charge on any atom is -0.497 e. The van der Waals surface area contributed by atoms with Crippen LogP contribution < -0.4 is 4.74 Å². The molecule has 1 atom stereocenters. The molecule has 0 amide bonds. The molecule has 0 radical (unpaired) electrons. The van der Waals surface area contributed by atoms with Crippen molar-refractivity contribution in [2.75, 3.05) is 13.7 Å². The summed E-state index contributed by atoms with van der Waals surface area (Å²) in [5.41, 5.74) is 1.17. The third-order valence-corrected chi connectivity index (χ3v) is 7.28. The van der Waals surface area contributed by atoms with Gasteiger partial charge in [-0.05, 0) is 54.5 Å². The summed E-state index contributed by atoms with van der Waals surface area (Å²) in [5.74, 6) is 0.650. The van der Waals surface area contributed by atoms with Crippen LogP contribution in [-0.2, 0) is 10.0 Å². The van der Waals surface area contributed by atoms with Gasteiger partial charge in [0.2, 0.25) is 10.0 Å². The van der Waals surface area contributed by atoms with Crippen LogP contribution in [0.3, 0.4) is 0 Å². The molecule has 0 aromatic heterocycles. The second-order valence-electron chi connectivity index (χ2n) is 8.10. The zero-order valence-electron chi connectivity index (χ0n) is 16.8. The van der Waals surface area contributed by atoms with Gasteiger partial charge in [0, 0.05) is 12.6 Å². The topological polar surface area (TPSA) is 46.6 Å². The van der Waals surface area contributed by atoms with Gasteiger partial charge in [-0.3, -0.25) is 0 Å². The fourth-order valence-corrected chi connectivity index (χ4v) is 5.40. The summed E-state index contributed by atoms with van der Waals surface area (Å²) in [6, 6.07) is 16.5. The van der Waals surface area contributed by atoms with Gasteiger partial charge in [-0.2, -0.15) is 4.31 Å². The van der Waals surface area contributed by atoms with Crippen LogP contribution in [-0.4, -0.2) is 32.4 Å². The van der Waals surface area contributed by atoms with Crippen molar-refractivity contribution >= 4 is 16.1 Å². The van der Waals surface area contributed by atoms with E-state index < -0.39 is 10.0 Å². The number of methoxy groups -OCH3 is 1. The molecule has 0 spiro atoms. The Labute approximate surface area is 168 Å². The predicted molar refractivity (Wildman–Crippen MR) is 114 cm³/mol. The molecule has 2 aromatic rings. The Morgan fingerprint density at radius 1 is 1.07 bits per heavy atom. The highest BCUT2D eigenvalue weighted by molar-refractivity contribution is 7.89. The van der Waals surface area contributed by atoms with E-state index in [1.165, 1.54) is 0 Å². The van der Waals surface area contributed by atoms with Gasteiger partial charge in [-0.25, -0.2) is 8.42 Å². The predicted octanol–water partition coefficient (Wildman–Crippen LogP) is 4.98. The first-order valence-corrected chi connectivity index (χ1v) is 11.1. The molecule has 1 saturated heterocycles. The second-order valence-corrected chi connectivity index (χ2v) is 9.99. The van der Waals surface area contributed by atoms with Gasteiger partial charge in [0.15, 0.2) is 0 Å². The van der Waals surface area contributed by atoms with E-state index >= 15 is 0 Å². The van der Waals surface area contributed by atoms with Crippen molar-refractivity contribution in [1.82, 2.24) is 4.31 Å². The van der Waals surface area contributed by atoms with Gasteiger partial charge in [0.1, 0.15) is 5.75 Å². The van der Waals surface area contributed by atoms with Crippen molar-refractivity contribution in [1.29, 1.82) is 0 Å². The number of sulfonamides is 1. The van der Waals surface area contributed by atoms with Crippen LogP contribution >= 0.6 is 0 Å². The van der Waals surface area contributed by atoms with E-state index in [0.717, 1.165) is 24.8 Å². The molecule has 1 unspecified atom stereocenters. The molecule has 1 heterocycles. The summed E-state index contributed by atoms with van der Waals surface area (Å²) in [6.45, 7) is 4.97. The van der Waals surface area contributed by atoms with Gasteiger partial charge in [-0.1, -0.05) is 56.3 Å². The molecule has 0 bridgehead atoms. The molecule has 0 aliphatic carbocycles. The van der Waals surface area contributed by atoms with Crippen molar-refractivity contribution in [2.24, 2.45) is 5.41 Å². The fraction of sp³-hybridized carbons (Fsp3) is 0.391. The van der Waals surface area contributed by atoms with Crippen LogP contribution in [0.15, 0.2) is 65.6 Å². The summed E-state index contributed by atoms with van der Waals surface area (Å²) < 4.78 is 33.7. The Morgan fingerprint density at radius 2 is 1.75 bits per heavy atom. The van der Waals surface area contributed by atoms with Gasteiger partial charge >= 0.3 is 0 Å². The van der Waals surface area contributed by atoms with Crippen LogP contribution in [0, 0.1) is 5.41 Å². The van der Waals surface area contributed by atoms with Crippen molar-refractivity contribution in [3.63, 3.8) is 0 Å². The zero-order chi connectivity index (χ0) is 20.2. The van der Waals surface area contributed by atoms with Gasteiger partial charge in [0.25, 0.3) is 0 Å². The smallest absolute Gasteiger partial charge is 0.243 e. The maximum Gasteiger partial charge on any atom is 0.243 e. The summed E-state index contributed by atoms with van der Waals surface area (Å²) in [6.07, 6.45) is 6.74. The number of benzene rings is 2. The Kier molecular flexibility index (Phi) is 6.26. The first-order chi connectivity index (χ1) is 13.3. The first kappa shape index (κ1) is 20.6. The van der Waals surface area contributed by atoms with Crippen LogP contribution in [0.5, 0.6) is 5.75 Å². The highest BCUT2D eigenvalue weighted by Gasteiger charge is 2.36. The van der Waals surface area contributed by atoms with Gasteiger partial charge in [0.05, 0.1) is 12.0 Å². The molecule has 0 saturated carbocycles. The van der Waals surface area contributed by atoms with Crippen molar-refractivity contribution in [2.45, 2.75) is 44.0 Å². The standard InChI is InChI=1S/C23H29NO3S/c1-23(2)16-7-17-24(20(18-23)11-10-19-8-5-4-6-9-19)28(25,26)22-14-12-21(27-3)13-15-22/h4-6,8-15,20H,7,16-18H2,1-3H3/b11-10+. The number of rotatable bonds is 5. The summed E-state index contributed by atoms with van der Waals surface area (Å²) in [7, 11) is -2.01. The quantitative estimate of drug-likeness (QED) is 0.712. The minimum absolute atomic E-state index is 0.0931. The Morgan fingerprint density at radius 3 is 2.39 bits per heavy atom. The van der Waals surface area contributed by atoms with Crippen molar-refractivity contribution < 1.29 is 13.2 Å². The lowest BCUT2D eigenvalue weighted by atomic mass is 9.83. The molecule has 4 nitrogen and oxygen atoms in total. The van der Waals surface area contributed by atoms with Crippen molar-refractivity contribution in [3.8, 4) is 5.75 Å². The molecule has 2 aromatic carbocycles.